The summed E-state index contributed by atoms with van der Waals surface area (Å²) in [5, 5.41) is 3.43. The number of piperazine rings is 1. The van der Waals surface area contributed by atoms with Gasteiger partial charge in [-0.1, -0.05) is 36.4 Å². The molecule has 0 atom stereocenters. The van der Waals surface area contributed by atoms with Crippen molar-refractivity contribution in [1.29, 1.82) is 0 Å². The quantitative estimate of drug-likeness (QED) is 0.789. The molecule has 0 aromatic heterocycles. The molecule has 24 heavy (non-hydrogen) atoms. The van der Waals surface area contributed by atoms with E-state index in [1.165, 1.54) is 0 Å². The zero-order valence-corrected chi connectivity index (χ0v) is 14.1. The maximum Gasteiger partial charge on any atom is 0.137 e. The number of quaternary nitrogens is 1. The maximum atomic E-state index is 13.9. The van der Waals surface area contributed by atoms with Crippen LogP contribution in [0.3, 0.4) is 0 Å². The standard InChI is InChI=1S/C20H26FN2O/c21-20-9-5-4-6-18(20)10-13-23(14-11-22-12-15-23)16-17-24-19-7-2-1-3-8-19/h1-9,22H,10-17H2/q+1. The van der Waals surface area contributed by atoms with Crippen LogP contribution in [0, 0.1) is 5.82 Å². The van der Waals surface area contributed by atoms with Crippen LogP contribution in [-0.2, 0) is 6.42 Å². The van der Waals surface area contributed by atoms with Gasteiger partial charge in [-0.3, -0.25) is 0 Å². The highest BCUT2D eigenvalue weighted by Gasteiger charge is 2.29. The Morgan fingerprint density at radius 3 is 2.38 bits per heavy atom. The van der Waals surface area contributed by atoms with Gasteiger partial charge in [-0.05, 0) is 23.8 Å². The van der Waals surface area contributed by atoms with Gasteiger partial charge in [-0.15, -0.1) is 0 Å². The number of hydrogen-bond acceptors (Lipinski definition) is 2. The fourth-order valence-corrected chi connectivity index (χ4v) is 3.36. The molecule has 1 aliphatic heterocycles. The van der Waals surface area contributed by atoms with Gasteiger partial charge < -0.3 is 14.5 Å². The van der Waals surface area contributed by atoms with Crippen molar-refractivity contribution >= 4 is 0 Å². The molecule has 3 nitrogen and oxygen atoms in total. The number of halogens is 1. The Hall–Kier alpha value is -1.91. The highest BCUT2D eigenvalue weighted by atomic mass is 19.1. The van der Waals surface area contributed by atoms with E-state index in [4.69, 9.17) is 4.74 Å². The second kappa shape index (κ2) is 8.27. The van der Waals surface area contributed by atoms with Crippen molar-refractivity contribution in [2.45, 2.75) is 6.42 Å². The van der Waals surface area contributed by atoms with Crippen molar-refractivity contribution < 1.29 is 13.6 Å². The molecule has 1 N–H and O–H groups in total. The third-order valence-corrected chi connectivity index (χ3v) is 4.92. The average Bonchev–Trinajstić information content (AvgIpc) is 2.63. The van der Waals surface area contributed by atoms with Crippen LogP contribution in [0.2, 0.25) is 0 Å². The Labute approximate surface area is 143 Å². The predicted octanol–water partition coefficient (Wildman–Crippen LogP) is 2.87. The molecule has 0 aliphatic carbocycles. The summed E-state index contributed by atoms with van der Waals surface area (Å²) >= 11 is 0. The molecule has 1 aliphatic rings. The van der Waals surface area contributed by atoms with Crippen molar-refractivity contribution in [2.75, 3.05) is 45.9 Å². The minimum absolute atomic E-state index is 0.0914. The molecule has 4 heteroatoms. The molecule has 1 saturated heterocycles. The van der Waals surface area contributed by atoms with Crippen molar-refractivity contribution in [3.63, 3.8) is 0 Å². The largest absolute Gasteiger partial charge is 0.488 e. The molecule has 1 fully saturated rings. The number of rotatable bonds is 7. The van der Waals surface area contributed by atoms with Gasteiger partial charge in [-0.25, -0.2) is 4.39 Å². The predicted molar refractivity (Wildman–Crippen MR) is 94.6 cm³/mol. The topological polar surface area (TPSA) is 21.3 Å². The summed E-state index contributed by atoms with van der Waals surface area (Å²) < 4.78 is 20.8. The first kappa shape index (κ1) is 16.9. The molecule has 2 aromatic rings. The van der Waals surface area contributed by atoms with Gasteiger partial charge in [0.15, 0.2) is 0 Å². The van der Waals surface area contributed by atoms with Crippen molar-refractivity contribution in [2.24, 2.45) is 0 Å². The van der Waals surface area contributed by atoms with Gasteiger partial charge in [0.1, 0.15) is 24.7 Å². The first-order chi connectivity index (χ1) is 11.8. The summed E-state index contributed by atoms with van der Waals surface area (Å²) in [7, 11) is 0. The second-order valence-corrected chi connectivity index (χ2v) is 6.49. The highest BCUT2D eigenvalue weighted by molar-refractivity contribution is 5.20. The number of nitrogens with zero attached hydrogens (tertiary/aromatic N) is 1. The van der Waals surface area contributed by atoms with Crippen molar-refractivity contribution in [3.05, 3.63) is 66.0 Å². The van der Waals surface area contributed by atoms with Crippen LogP contribution in [0.4, 0.5) is 4.39 Å². The summed E-state index contributed by atoms with van der Waals surface area (Å²) in [4.78, 5) is 0. The van der Waals surface area contributed by atoms with Gasteiger partial charge in [-0.2, -0.15) is 0 Å². The first-order valence-corrected chi connectivity index (χ1v) is 8.75. The molecule has 1 heterocycles. The van der Waals surface area contributed by atoms with Crippen LogP contribution in [0.1, 0.15) is 5.56 Å². The first-order valence-electron chi connectivity index (χ1n) is 8.75. The molecule has 0 saturated carbocycles. The normalized spacial score (nSPS) is 16.7. The minimum atomic E-state index is -0.0914. The van der Waals surface area contributed by atoms with Gasteiger partial charge in [0.05, 0.1) is 19.6 Å². The summed E-state index contributed by atoms with van der Waals surface area (Å²) in [5.41, 5.74) is 0.817. The highest BCUT2D eigenvalue weighted by Crippen LogP contribution is 2.15. The van der Waals surface area contributed by atoms with E-state index < -0.39 is 0 Å². The maximum absolute atomic E-state index is 13.9. The fraction of sp³-hybridized carbons (Fsp3) is 0.400. The number of nitrogens with one attached hydrogen (secondary N) is 1. The molecule has 2 aromatic carbocycles. The fourth-order valence-electron chi connectivity index (χ4n) is 3.36. The van der Waals surface area contributed by atoms with Crippen LogP contribution in [0.25, 0.3) is 0 Å². The van der Waals surface area contributed by atoms with Crippen LogP contribution >= 0.6 is 0 Å². The van der Waals surface area contributed by atoms with E-state index in [9.17, 15) is 4.39 Å². The molecule has 0 bridgehead atoms. The summed E-state index contributed by atoms with van der Waals surface area (Å²) in [6.45, 7) is 6.80. The molecule has 128 valence electrons. The molecule has 0 amide bonds. The summed E-state index contributed by atoms with van der Waals surface area (Å²) in [6.07, 6.45) is 0.776. The van der Waals surface area contributed by atoms with E-state index in [1.54, 1.807) is 12.1 Å². The Bertz CT molecular complexity index is 627. The van der Waals surface area contributed by atoms with Crippen molar-refractivity contribution in [1.82, 2.24) is 5.32 Å². The van der Waals surface area contributed by atoms with Gasteiger partial charge in [0.25, 0.3) is 0 Å². The van der Waals surface area contributed by atoms with E-state index in [0.717, 1.165) is 61.5 Å². The number of hydrogen-bond donors (Lipinski definition) is 1. The van der Waals surface area contributed by atoms with Crippen LogP contribution in [-0.4, -0.2) is 50.4 Å². The van der Waals surface area contributed by atoms with Crippen LogP contribution in [0.5, 0.6) is 5.75 Å². The minimum Gasteiger partial charge on any atom is -0.488 e. The molecule has 3 rings (SSSR count). The number of ether oxygens (including phenoxy) is 1. The second-order valence-electron chi connectivity index (χ2n) is 6.49. The van der Waals surface area contributed by atoms with Gasteiger partial charge in [0, 0.05) is 19.5 Å². The Kier molecular flexibility index (Phi) is 5.83. The zero-order valence-electron chi connectivity index (χ0n) is 14.1. The SMILES string of the molecule is Fc1ccccc1CC[N+]1(CCOc2ccccc2)CCNCC1. The molecular formula is C20H26FN2O+. The van der Waals surface area contributed by atoms with E-state index in [0.29, 0.717) is 6.61 Å². The van der Waals surface area contributed by atoms with Gasteiger partial charge in [0.2, 0.25) is 0 Å². The molecule has 0 unspecified atom stereocenters. The van der Waals surface area contributed by atoms with Crippen molar-refractivity contribution in [3.8, 4) is 5.75 Å². The Balaban J connectivity index is 1.58. The number of benzene rings is 2. The van der Waals surface area contributed by atoms with E-state index >= 15 is 0 Å². The lowest BCUT2D eigenvalue weighted by atomic mass is 10.1. The third kappa shape index (κ3) is 4.56. The molecular weight excluding hydrogens is 303 g/mol. The zero-order chi connectivity index (χ0) is 16.7. The monoisotopic (exact) mass is 329 g/mol. The summed E-state index contributed by atoms with van der Waals surface area (Å²) in [5.74, 6) is 0.825. The van der Waals surface area contributed by atoms with Gasteiger partial charge >= 0.3 is 0 Å². The Morgan fingerprint density at radius 1 is 0.917 bits per heavy atom. The smallest absolute Gasteiger partial charge is 0.137 e. The lowest BCUT2D eigenvalue weighted by Crippen LogP contribution is -2.60. The Morgan fingerprint density at radius 2 is 1.62 bits per heavy atom. The molecule has 0 radical (unpaired) electrons. The average molecular weight is 329 g/mol. The lowest BCUT2D eigenvalue weighted by molar-refractivity contribution is -0.929. The van der Waals surface area contributed by atoms with E-state index in [1.807, 2.05) is 42.5 Å². The van der Waals surface area contributed by atoms with Crippen LogP contribution in [0.15, 0.2) is 54.6 Å². The third-order valence-electron chi connectivity index (χ3n) is 4.92. The molecule has 0 spiro atoms. The van der Waals surface area contributed by atoms with E-state index in [2.05, 4.69) is 5.32 Å². The lowest BCUT2D eigenvalue weighted by Gasteiger charge is -2.41. The van der Waals surface area contributed by atoms with Crippen LogP contribution < -0.4 is 10.1 Å². The van der Waals surface area contributed by atoms with E-state index in [-0.39, 0.29) is 5.82 Å². The number of para-hydroxylation sites is 1. The summed E-state index contributed by atoms with van der Waals surface area (Å²) in [6, 6.07) is 17.1.